The van der Waals surface area contributed by atoms with Crippen LogP contribution in [0.2, 0.25) is 0 Å². The summed E-state index contributed by atoms with van der Waals surface area (Å²) in [5.74, 6) is -0.481. The minimum absolute atomic E-state index is 0.186. The number of carbonyl (C=O) groups excluding carboxylic acids is 1. The highest BCUT2D eigenvalue weighted by Crippen LogP contribution is 2.22. The van der Waals surface area contributed by atoms with Crippen LogP contribution >= 0.6 is 0 Å². The van der Waals surface area contributed by atoms with Gasteiger partial charge in [-0.2, -0.15) is 4.31 Å². The summed E-state index contributed by atoms with van der Waals surface area (Å²) in [4.78, 5) is 13.7. The molecule has 0 aliphatic carbocycles. The van der Waals surface area contributed by atoms with Crippen LogP contribution in [0, 0.1) is 5.82 Å². The van der Waals surface area contributed by atoms with E-state index in [2.05, 4.69) is 5.32 Å². The fourth-order valence-electron chi connectivity index (χ4n) is 3.38. The third-order valence-electron chi connectivity index (χ3n) is 5.33. The lowest BCUT2D eigenvalue weighted by molar-refractivity contribution is -0.907. The summed E-state index contributed by atoms with van der Waals surface area (Å²) in [7, 11) is -1.59. The van der Waals surface area contributed by atoms with E-state index < -0.39 is 10.0 Å². The Hall–Kier alpha value is -2.29. The summed E-state index contributed by atoms with van der Waals surface area (Å²) in [5, 5.41) is 2.83. The molecule has 0 bridgehead atoms. The number of halogens is 1. The van der Waals surface area contributed by atoms with Crippen molar-refractivity contribution in [1.82, 2.24) is 4.31 Å². The normalized spacial score (nSPS) is 17.1. The smallest absolute Gasteiger partial charge is 0.282 e. The van der Waals surface area contributed by atoms with Crippen molar-refractivity contribution in [3.05, 3.63) is 59.9 Å². The van der Waals surface area contributed by atoms with Crippen LogP contribution in [0.15, 0.2) is 53.4 Å². The molecule has 1 unspecified atom stereocenters. The Bertz CT molecular complexity index is 957. The van der Waals surface area contributed by atoms with Crippen LogP contribution in [-0.4, -0.2) is 44.8 Å². The van der Waals surface area contributed by atoms with Crippen LogP contribution in [0.25, 0.3) is 0 Å². The van der Waals surface area contributed by atoms with E-state index in [0.717, 1.165) is 23.3 Å². The van der Waals surface area contributed by atoms with E-state index in [0.29, 0.717) is 25.3 Å². The first kappa shape index (κ1) is 21.4. The van der Waals surface area contributed by atoms with Crippen LogP contribution in [0.4, 0.5) is 10.1 Å². The zero-order chi connectivity index (χ0) is 21.0. The molecule has 1 aliphatic heterocycles. The Morgan fingerprint density at radius 3 is 2.45 bits per heavy atom. The summed E-state index contributed by atoms with van der Waals surface area (Å²) >= 11 is 0. The number of sulfonamides is 1. The van der Waals surface area contributed by atoms with E-state index in [1.807, 2.05) is 13.1 Å². The molecule has 2 atom stereocenters. The number of rotatable bonds is 7. The second-order valence-corrected chi connectivity index (χ2v) is 9.44. The summed E-state index contributed by atoms with van der Waals surface area (Å²) < 4.78 is 40.0. The molecule has 6 nitrogen and oxygen atoms in total. The van der Waals surface area contributed by atoms with Crippen molar-refractivity contribution in [2.45, 2.75) is 37.2 Å². The summed E-state index contributed by atoms with van der Waals surface area (Å²) in [6.07, 6.45) is 1.77. The van der Waals surface area contributed by atoms with Crippen molar-refractivity contribution in [1.29, 1.82) is 0 Å². The molecule has 8 heteroatoms. The standard InChI is InChI=1S/C21H26FN3O3S/c1-16(24(2)15-17-6-5-7-18(22)14-17)21(26)23-19-8-10-20(11-9-19)29(27,28)25-12-3-4-13-25/h5-11,14,16H,3-4,12-13,15H2,1-2H3,(H,23,26)/p+1/t16-/m0/s1. The first-order chi connectivity index (χ1) is 13.8. The zero-order valence-corrected chi connectivity index (χ0v) is 17.5. The number of amides is 1. The van der Waals surface area contributed by atoms with Crippen molar-refractivity contribution in [3.8, 4) is 0 Å². The predicted molar refractivity (Wildman–Crippen MR) is 110 cm³/mol. The topological polar surface area (TPSA) is 70.9 Å². The van der Waals surface area contributed by atoms with E-state index in [4.69, 9.17) is 0 Å². The average Bonchev–Trinajstić information content (AvgIpc) is 3.23. The molecule has 0 saturated carbocycles. The Balaban J connectivity index is 1.61. The quantitative estimate of drug-likeness (QED) is 0.716. The van der Waals surface area contributed by atoms with Gasteiger partial charge in [0.15, 0.2) is 6.04 Å². The highest BCUT2D eigenvalue weighted by molar-refractivity contribution is 7.89. The number of likely N-dealkylation sites (N-methyl/N-ethyl adjacent to an activating group) is 1. The van der Waals surface area contributed by atoms with Gasteiger partial charge in [0.05, 0.1) is 11.9 Å². The van der Waals surface area contributed by atoms with Crippen LogP contribution in [0.3, 0.4) is 0 Å². The Morgan fingerprint density at radius 1 is 1.17 bits per heavy atom. The van der Waals surface area contributed by atoms with E-state index >= 15 is 0 Å². The van der Waals surface area contributed by atoms with Crippen molar-refractivity contribution in [3.63, 3.8) is 0 Å². The molecule has 1 amide bonds. The molecule has 1 aliphatic rings. The number of hydrogen-bond acceptors (Lipinski definition) is 3. The highest BCUT2D eigenvalue weighted by atomic mass is 32.2. The van der Waals surface area contributed by atoms with Gasteiger partial charge in [-0.1, -0.05) is 12.1 Å². The molecule has 156 valence electrons. The highest BCUT2D eigenvalue weighted by Gasteiger charge is 2.27. The van der Waals surface area contributed by atoms with E-state index in [9.17, 15) is 17.6 Å². The van der Waals surface area contributed by atoms with Gasteiger partial charge in [-0.25, -0.2) is 12.8 Å². The molecule has 0 aromatic heterocycles. The van der Waals surface area contributed by atoms with Crippen LogP contribution in [0.5, 0.6) is 0 Å². The molecule has 2 aromatic rings. The summed E-state index contributed by atoms with van der Waals surface area (Å²) in [6.45, 7) is 3.42. The predicted octanol–water partition coefficient (Wildman–Crippen LogP) is 1.65. The Kier molecular flexibility index (Phi) is 6.66. The van der Waals surface area contributed by atoms with Gasteiger partial charge in [0.25, 0.3) is 5.91 Å². The van der Waals surface area contributed by atoms with Crippen molar-refractivity contribution >= 4 is 21.6 Å². The number of nitrogens with zero attached hydrogens (tertiary/aromatic N) is 1. The Labute approximate surface area is 171 Å². The molecule has 29 heavy (non-hydrogen) atoms. The Morgan fingerprint density at radius 2 is 1.83 bits per heavy atom. The molecule has 0 spiro atoms. The third-order valence-corrected chi connectivity index (χ3v) is 7.24. The molecule has 1 fully saturated rings. The van der Waals surface area contributed by atoms with Crippen LogP contribution in [0.1, 0.15) is 25.3 Å². The summed E-state index contributed by atoms with van der Waals surface area (Å²) in [5.41, 5.74) is 1.36. The molecule has 1 heterocycles. The zero-order valence-electron chi connectivity index (χ0n) is 16.7. The van der Waals surface area contributed by atoms with Crippen molar-refractivity contribution < 1.29 is 22.5 Å². The van der Waals surface area contributed by atoms with Gasteiger partial charge in [0.1, 0.15) is 12.4 Å². The largest absolute Gasteiger partial charge is 0.324 e. The lowest BCUT2D eigenvalue weighted by Crippen LogP contribution is -3.12. The molecule has 2 N–H and O–H groups in total. The van der Waals surface area contributed by atoms with Gasteiger partial charge >= 0.3 is 0 Å². The monoisotopic (exact) mass is 420 g/mol. The first-order valence-electron chi connectivity index (χ1n) is 9.75. The van der Waals surface area contributed by atoms with Gasteiger partial charge in [0.2, 0.25) is 10.0 Å². The minimum Gasteiger partial charge on any atom is -0.324 e. The van der Waals surface area contributed by atoms with Gasteiger partial charge in [0, 0.05) is 24.3 Å². The van der Waals surface area contributed by atoms with Gasteiger partial charge in [-0.05, 0) is 56.2 Å². The molecule has 1 saturated heterocycles. The van der Waals surface area contributed by atoms with Crippen molar-refractivity contribution in [2.24, 2.45) is 0 Å². The maximum Gasteiger partial charge on any atom is 0.282 e. The minimum atomic E-state index is -3.47. The average molecular weight is 421 g/mol. The van der Waals surface area contributed by atoms with Crippen LogP contribution < -0.4 is 10.2 Å². The van der Waals surface area contributed by atoms with E-state index in [-0.39, 0.29) is 22.7 Å². The van der Waals surface area contributed by atoms with Gasteiger partial charge < -0.3 is 10.2 Å². The number of benzene rings is 2. The molecular weight excluding hydrogens is 393 g/mol. The number of anilines is 1. The second-order valence-electron chi connectivity index (χ2n) is 7.50. The third kappa shape index (κ3) is 5.20. The molecular formula is C21H27FN3O3S+. The van der Waals surface area contributed by atoms with Gasteiger partial charge in [-0.15, -0.1) is 0 Å². The molecule has 3 rings (SSSR count). The number of quaternary nitrogens is 1. The van der Waals surface area contributed by atoms with E-state index in [1.165, 1.54) is 28.6 Å². The SMILES string of the molecule is C[C@@H](C(=O)Nc1ccc(S(=O)(=O)N2CCCC2)cc1)[NH+](C)Cc1cccc(F)c1. The lowest BCUT2D eigenvalue weighted by Gasteiger charge is -2.21. The fourth-order valence-corrected chi connectivity index (χ4v) is 4.90. The lowest BCUT2D eigenvalue weighted by atomic mass is 10.2. The second kappa shape index (κ2) is 9.02. The number of carbonyl (C=O) groups is 1. The van der Waals surface area contributed by atoms with Crippen molar-refractivity contribution in [2.75, 3.05) is 25.5 Å². The van der Waals surface area contributed by atoms with Crippen LogP contribution in [-0.2, 0) is 21.4 Å². The molecule has 2 aromatic carbocycles. The maximum absolute atomic E-state index is 13.3. The fraction of sp³-hybridized carbons (Fsp3) is 0.381. The first-order valence-corrected chi connectivity index (χ1v) is 11.2. The summed E-state index contributed by atoms with van der Waals surface area (Å²) in [6, 6.07) is 12.2. The molecule has 0 radical (unpaired) electrons. The number of hydrogen-bond donors (Lipinski definition) is 2. The number of nitrogens with one attached hydrogen (secondary N) is 2. The maximum atomic E-state index is 13.3. The van der Waals surface area contributed by atoms with Gasteiger partial charge in [-0.3, -0.25) is 4.79 Å². The van der Waals surface area contributed by atoms with E-state index in [1.54, 1.807) is 25.1 Å².